The zero-order valence-electron chi connectivity index (χ0n) is 23.2. The van der Waals surface area contributed by atoms with Gasteiger partial charge in [0.2, 0.25) is 0 Å². The van der Waals surface area contributed by atoms with Crippen LogP contribution in [-0.2, 0) is 26.6 Å². The summed E-state index contributed by atoms with van der Waals surface area (Å²) < 4.78 is 40.1. The average molecular weight is 523 g/mol. The summed E-state index contributed by atoms with van der Waals surface area (Å²) in [6.07, 6.45) is 8.19. The van der Waals surface area contributed by atoms with E-state index in [1.807, 2.05) is 0 Å². The highest BCUT2D eigenvalue weighted by Gasteiger charge is 2.66. The predicted molar refractivity (Wildman–Crippen MR) is 143 cm³/mol. The van der Waals surface area contributed by atoms with Gasteiger partial charge < -0.3 is 26.6 Å². The lowest BCUT2D eigenvalue weighted by Crippen LogP contribution is -2.77. The molecular formula is C24H54O6Si3. The number of hydrogen-bond donors (Lipinski definition) is 0. The molecule has 1 rings (SSSR count). The first-order valence-corrected chi connectivity index (χ1v) is 19.8. The summed E-state index contributed by atoms with van der Waals surface area (Å²) in [4.78, 5) is 0. The monoisotopic (exact) mass is 522 g/mol. The molecule has 0 aromatic heterocycles. The molecule has 0 N–H and O–H groups in total. The lowest BCUT2D eigenvalue weighted by molar-refractivity contribution is 0.0747. The van der Waals surface area contributed by atoms with Crippen molar-refractivity contribution in [2.75, 3.05) is 38.5 Å². The maximum atomic E-state index is 7.14. The Morgan fingerprint density at radius 2 is 0.727 bits per heavy atom. The van der Waals surface area contributed by atoms with E-state index in [4.69, 9.17) is 26.6 Å². The van der Waals surface area contributed by atoms with Crippen molar-refractivity contribution in [3.05, 3.63) is 0 Å². The molecule has 0 radical (unpaired) electrons. The van der Waals surface area contributed by atoms with Gasteiger partial charge in [-0.2, -0.15) is 0 Å². The van der Waals surface area contributed by atoms with Crippen molar-refractivity contribution in [1.29, 1.82) is 0 Å². The Kier molecular flexibility index (Phi) is 14.8. The topological polar surface area (TPSA) is 55.4 Å². The normalized spacial score (nSPS) is 28.4. The van der Waals surface area contributed by atoms with Crippen LogP contribution >= 0.6 is 0 Å². The summed E-state index contributed by atoms with van der Waals surface area (Å²) in [5.74, 6) is 0. The zero-order chi connectivity index (χ0) is 25.0. The summed E-state index contributed by atoms with van der Waals surface area (Å²) >= 11 is 0. The van der Waals surface area contributed by atoms with E-state index in [0.717, 1.165) is 58.3 Å². The van der Waals surface area contributed by atoms with Crippen LogP contribution in [0.1, 0.15) is 101 Å². The maximum Gasteiger partial charge on any atom is 0.350 e. The first kappa shape index (κ1) is 31.4. The van der Waals surface area contributed by atoms with Crippen LogP contribution in [0.2, 0.25) is 16.6 Å². The van der Waals surface area contributed by atoms with Crippen LogP contribution in [0.4, 0.5) is 0 Å². The van der Waals surface area contributed by atoms with Crippen molar-refractivity contribution < 1.29 is 26.6 Å². The summed E-state index contributed by atoms with van der Waals surface area (Å²) in [5, 5.41) is 0. The van der Waals surface area contributed by atoms with Crippen molar-refractivity contribution in [3.8, 4) is 0 Å². The van der Waals surface area contributed by atoms with Crippen LogP contribution in [0.15, 0.2) is 0 Å². The molecule has 0 saturated carbocycles. The first-order chi connectivity index (χ1) is 15.6. The molecule has 6 nitrogen and oxygen atoms in total. The smallest absolute Gasteiger partial charge is 0.350 e. The average Bonchev–Trinajstić information content (AvgIpc) is 2.77. The minimum Gasteiger partial charge on any atom is -0.412 e. The fourth-order valence-corrected chi connectivity index (χ4v) is 21.7. The number of ether oxygens (including phenoxy) is 3. The molecule has 1 heterocycles. The van der Waals surface area contributed by atoms with Gasteiger partial charge in [0.15, 0.2) is 0 Å². The molecular weight excluding hydrogens is 469 g/mol. The molecule has 0 bridgehead atoms. The lowest BCUT2D eigenvalue weighted by Gasteiger charge is -2.56. The number of hydrogen-bond acceptors (Lipinski definition) is 6. The summed E-state index contributed by atoms with van der Waals surface area (Å²) in [6, 6.07) is 0. The predicted octanol–water partition coefficient (Wildman–Crippen LogP) is 6.67. The van der Waals surface area contributed by atoms with Gasteiger partial charge in [-0.05, 0) is 35.9 Å². The van der Waals surface area contributed by atoms with Crippen LogP contribution in [0.3, 0.4) is 0 Å². The van der Waals surface area contributed by atoms with Gasteiger partial charge in [0, 0.05) is 19.8 Å². The Morgan fingerprint density at radius 1 is 0.485 bits per heavy atom. The third-order valence-corrected chi connectivity index (χ3v) is 21.9. The van der Waals surface area contributed by atoms with Crippen molar-refractivity contribution in [2.45, 2.75) is 117 Å². The Bertz CT molecular complexity index is 441. The fourth-order valence-electron chi connectivity index (χ4n) is 3.71. The Hall–Kier alpha value is 0.411. The lowest BCUT2D eigenvalue weighted by atomic mass is 10.4. The molecule has 0 aromatic rings. The molecule has 0 amide bonds. The highest BCUT2D eigenvalue weighted by atomic mass is 28.5. The molecule has 198 valence electrons. The fraction of sp³-hybridized carbons (Fsp3) is 1.00. The second kappa shape index (κ2) is 15.5. The van der Waals surface area contributed by atoms with Crippen LogP contribution in [0.5, 0.6) is 0 Å². The van der Waals surface area contributed by atoms with E-state index in [2.05, 4.69) is 62.3 Å². The van der Waals surface area contributed by atoms with Crippen LogP contribution in [0, 0.1) is 0 Å². The number of unbranched alkanes of at least 4 members (excludes halogenated alkanes) is 3. The molecule has 0 aromatic carbocycles. The molecule has 1 aliphatic rings. The SMILES string of the molecule is CCCCOC[Si]1(C(C)C)O[Si](COCCCC)(C(C)C)O[Si](COCCCC)(C(C)C)O1. The molecule has 0 aliphatic carbocycles. The highest BCUT2D eigenvalue weighted by molar-refractivity contribution is 6.95. The van der Waals surface area contributed by atoms with E-state index < -0.39 is 25.7 Å². The van der Waals surface area contributed by atoms with E-state index in [1.165, 1.54) is 0 Å². The molecule has 1 saturated heterocycles. The van der Waals surface area contributed by atoms with Crippen LogP contribution in [0.25, 0.3) is 0 Å². The van der Waals surface area contributed by atoms with E-state index in [-0.39, 0.29) is 16.6 Å². The Balaban J connectivity index is 3.35. The Morgan fingerprint density at radius 3 is 0.909 bits per heavy atom. The van der Waals surface area contributed by atoms with Gasteiger partial charge in [0.05, 0.1) is 18.7 Å². The van der Waals surface area contributed by atoms with Crippen molar-refractivity contribution in [1.82, 2.24) is 0 Å². The van der Waals surface area contributed by atoms with Gasteiger partial charge in [0.25, 0.3) is 0 Å². The minimum absolute atomic E-state index is 0.255. The number of rotatable bonds is 18. The van der Waals surface area contributed by atoms with Crippen LogP contribution < -0.4 is 0 Å². The van der Waals surface area contributed by atoms with E-state index >= 15 is 0 Å². The summed E-state index contributed by atoms with van der Waals surface area (Å²) in [5.41, 5.74) is 0.765. The Labute approximate surface area is 208 Å². The van der Waals surface area contributed by atoms with Crippen LogP contribution in [-0.4, -0.2) is 64.2 Å². The van der Waals surface area contributed by atoms with Gasteiger partial charge in [0.1, 0.15) is 0 Å². The van der Waals surface area contributed by atoms with Gasteiger partial charge in [-0.1, -0.05) is 81.6 Å². The van der Waals surface area contributed by atoms with Crippen molar-refractivity contribution in [3.63, 3.8) is 0 Å². The van der Waals surface area contributed by atoms with Gasteiger partial charge in [-0.25, -0.2) is 0 Å². The molecule has 33 heavy (non-hydrogen) atoms. The van der Waals surface area contributed by atoms with E-state index in [0.29, 0.717) is 18.7 Å². The third kappa shape index (κ3) is 9.09. The molecule has 9 heteroatoms. The largest absolute Gasteiger partial charge is 0.412 e. The van der Waals surface area contributed by atoms with E-state index in [9.17, 15) is 0 Å². The van der Waals surface area contributed by atoms with Crippen molar-refractivity contribution >= 4 is 25.7 Å². The molecule has 0 unspecified atom stereocenters. The molecule has 0 atom stereocenters. The van der Waals surface area contributed by atoms with Gasteiger partial charge in [-0.3, -0.25) is 0 Å². The van der Waals surface area contributed by atoms with Gasteiger partial charge in [-0.15, -0.1) is 0 Å². The quantitative estimate of drug-likeness (QED) is 0.148. The second-order valence-electron chi connectivity index (χ2n) is 10.4. The summed E-state index contributed by atoms with van der Waals surface area (Å²) in [7, 11) is -8.18. The van der Waals surface area contributed by atoms with E-state index in [1.54, 1.807) is 0 Å². The molecule has 1 fully saturated rings. The zero-order valence-corrected chi connectivity index (χ0v) is 26.2. The first-order valence-electron chi connectivity index (χ1n) is 13.5. The highest BCUT2D eigenvalue weighted by Crippen LogP contribution is 2.45. The molecule has 1 aliphatic heterocycles. The summed E-state index contributed by atoms with van der Waals surface area (Å²) in [6.45, 7) is 22.2. The molecule has 0 spiro atoms. The third-order valence-electron chi connectivity index (χ3n) is 6.51. The minimum atomic E-state index is -2.73. The van der Waals surface area contributed by atoms with Gasteiger partial charge >= 0.3 is 25.7 Å². The standard InChI is InChI=1S/C24H54O6Si3/c1-10-13-16-25-19-31(22(4)5)28-32(23(6)7,20-26-17-14-11-2)30-33(29-31,24(8)9)21-27-18-15-12-3/h22-24H,10-21H2,1-9H3. The second-order valence-corrected chi connectivity index (χ2v) is 22.1. The maximum absolute atomic E-state index is 7.14. The van der Waals surface area contributed by atoms with Crippen molar-refractivity contribution in [2.24, 2.45) is 0 Å².